The largest absolute Gasteiger partial charge is 0.493 e. The van der Waals surface area contributed by atoms with Crippen molar-refractivity contribution in [3.05, 3.63) is 59.2 Å². The van der Waals surface area contributed by atoms with Crippen molar-refractivity contribution in [1.82, 2.24) is 0 Å². The maximum atomic E-state index is 9.02. The van der Waals surface area contributed by atoms with Gasteiger partial charge in [0.15, 0.2) is 11.5 Å². The number of ether oxygens (including phenoxy) is 2. The van der Waals surface area contributed by atoms with Crippen LogP contribution in [0.5, 0.6) is 11.5 Å². The molecule has 0 spiro atoms. The highest BCUT2D eigenvalue weighted by Gasteiger charge is 2.07. The molecule has 20 heavy (non-hydrogen) atoms. The first-order valence-electron chi connectivity index (χ1n) is 5.97. The predicted molar refractivity (Wildman–Crippen MR) is 73.2 cm³/mol. The van der Waals surface area contributed by atoms with Gasteiger partial charge in [0.25, 0.3) is 0 Å². The minimum atomic E-state index is 0.270. The molecule has 0 saturated heterocycles. The van der Waals surface area contributed by atoms with Crippen LogP contribution in [0.1, 0.15) is 16.7 Å². The molecular weight excluding hydrogens is 252 g/mol. The second kappa shape index (κ2) is 6.26. The van der Waals surface area contributed by atoms with Crippen LogP contribution in [-0.2, 0) is 6.61 Å². The van der Waals surface area contributed by atoms with E-state index in [2.05, 4.69) is 6.07 Å². The molecule has 0 amide bonds. The summed E-state index contributed by atoms with van der Waals surface area (Å²) in [4.78, 5) is 0. The first-order valence-corrected chi connectivity index (χ1v) is 5.97. The van der Waals surface area contributed by atoms with Gasteiger partial charge in [-0.05, 0) is 18.2 Å². The monoisotopic (exact) mass is 264 g/mol. The van der Waals surface area contributed by atoms with Crippen LogP contribution in [0.4, 0.5) is 0 Å². The van der Waals surface area contributed by atoms with Crippen LogP contribution in [0.3, 0.4) is 0 Å². The van der Waals surface area contributed by atoms with E-state index in [1.807, 2.05) is 24.3 Å². The quantitative estimate of drug-likeness (QED) is 0.851. The second-order valence-electron chi connectivity index (χ2n) is 4.04. The van der Waals surface area contributed by atoms with E-state index in [0.717, 1.165) is 5.56 Å². The van der Waals surface area contributed by atoms with Gasteiger partial charge in [0.05, 0.1) is 30.4 Å². The van der Waals surface area contributed by atoms with E-state index < -0.39 is 0 Å². The van der Waals surface area contributed by atoms with Gasteiger partial charge in [0, 0.05) is 11.6 Å². The number of rotatable bonds is 4. The van der Waals surface area contributed by atoms with Crippen LogP contribution < -0.4 is 9.47 Å². The fourth-order valence-corrected chi connectivity index (χ4v) is 1.77. The molecule has 0 N–H and O–H groups in total. The van der Waals surface area contributed by atoms with E-state index in [0.29, 0.717) is 22.6 Å². The van der Waals surface area contributed by atoms with E-state index in [1.165, 1.54) is 7.11 Å². The van der Waals surface area contributed by atoms with Gasteiger partial charge in [-0.3, -0.25) is 0 Å². The first-order chi connectivity index (χ1) is 9.78. The third kappa shape index (κ3) is 2.88. The van der Waals surface area contributed by atoms with Gasteiger partial charge in [0.1, 0.15) is 6.61 Å². The molecule has 0 bridgehead atoms. The van der Waals surface area contributed by atoms with Crippen LogP contribution in [0, 0.1) is 22.7 Å². The molecule has 0 aliphatic heterocycles. The van der Waals surface area contributed by atoms with Gasteiger partial charge < -0.3 is 9.47 Å². The van der Waals surface area contributed by atoms with Crippen LogP contribution in [0.25, 0.3) is 0 Å². The zero-order valence-electron chi connectivity index (χ0n) is 11.0. The lowest BCUT2D eigenvalue weighted by Gasteiger charge is -2.11. The fourth-order valence-electron chi connectivity index (χ4n) is 1.77. The zero-order chi connectivity index (χ0) is 14.4. The Morgan fingerprint density at radius 1 is 1.00 bits per heavy atom. The minimum Gasteiger partial charge on any atom is -0.493 e. The Balaban J connectivity index is 2.19. The summed E-state index contributed by atoms with van der Waals surface area (Å²) in [5, 5.41) is 17.9. The Hall–Kier alpha value is -2.98. The molecule has 0 aliphatic carbocycles. The summed E-state index contributed by atoms with van der Waals surface area (Å²) in [6.07, 6.45) is 0. The Bertz CT molecular complexity index is 696. The molecular formula is C16H12N2O2. The Morgan fingerprint density at radius 2 is 1.80 bits per heavy atom. The molecule has 0 saturated carbocycles. The molecule has 98 valence electrons. The van der Waals surface area contributed by atoms with Crippen molar-refractivity contribution in [3.8, 4) is 23.6 Å². The molecule has 0 atom stereocenters. The lowest BCUT2D eigenvalue weighted by Crippen LogP contribution is -2.00. The van der Waals surface area contributed by atoms with E-state index in [4.69, 9.17) is 20.0 Å². The topological polar surface area (TPSA) is 66.0 Å². The van der Waals surface area contributed by atoms with Gasteiger partial charge in [0.2, 0.25) is 0 Å². The molecule has 2 aromatic carbocycles. The van der Waals surface area contributed by atoms with Crippen molar-refractivity contribution >= 4 is 0 Å². The average Bonchev–Trinajstić information content (AvgIpc) is 2.52. The van der Waals surface area contributed by atoms with E-state index in [9.17, 15) is 0 Å². The van der Waals surface area contributed by atoms with Gasteiger partial charge in [-0.15, -0.1) is 0 Å². The SMILES string of the molecule is COc1cc(C#N)ccc1OCc1ccccc1C#N. The van der Waals surface area contributed by atoms with Crippen molar-refractivity contribution in [3.63, 3.8) is 0 Å². The molecule has 0 fully saturated rings. The smallest absolute Gasteiger partial charge is 0.162 e. The number of nitrogens with zero attached hydrogens (tertiary/aromatic N) is 2. The molecule has 4 nitrogen and oxygen atoms in total. The number of hydrogen-bond donors (Lipinski definition) is 0. The molecule has 0 radical (unpaired) electrons. The standard InChI is InChI=1S/C16H12N2O2/c1-19-16-8-12(9-17)6-7-15(16)20-11-14-5-3-2-4-13(14)10-18/h2-8H,11H2,1H3. The molecule has 0 heterocycles. The molecule has 2 aromatic rings. The van der Waals surface area contributed by atoms with Crippen LogP contribution in [0.2, 0.25) is 0 Å². The van der Waals surface area contributed by atoms with Crippen molar-refractivity contribution < 1.29 is 9.47 Å². The van der Waals surface area contributed by atoms with E-state index in [-0.39, 0.29) is 6.61 Å². The molecule has 0 aromatic heterocycles. The maximum absolute atomic E-state index is 9.02. The van der Waals surface area contributed by atoms with E-state index in [1.54, 1.807) is 24.3 Å². The first kappa shape index (κ1) is 13.5. The summed E-state index contributed by atoms with van der Waals surface area (Å²) in [5.74, 6) is 1.04. The third-order valence-electron chi connectivity index (χ3n) is 2.81. The van der Waals surface area contributed by atoms with E-state index >= 15 is 0 Å². The van der Waals surface area contributed by atoms with Crippen molar-refractivity contribution in [2.75, 3.05) is 7.11 Å². The number of hydrogen-bond acceptors (Lipinski definition) is 4. The van der Waals surface area contributed by atoms with Gasteiger partial charge >= 0.3 is 0 Å². The molecule has 4 heteroatoms. The Kier molecular flexibility index (Phi) is 4.21. The number of benzene rings is 2. The molecule has 0 aliphatic rings. The zero-order valence-corrected chi connectivity index (χ0v) is 11.0. The van der Waals surface area contributed by atoms with Crippen LogP contribution in [-0.4, -0.2) is 7.11 Å². The Labute approximate surface area is 117 Å². The van der Waals surface area contributed by atoms with Crippen molar-refractivity contribution in [2.45, 2.75) is 6.61 Å². The number of nitriles is 2. The second-order valence-corrected chi connectivity index (χ2v) is 4.04. The lowest BCUT2D eigenvalue weighted by atomic mass is 10.1. The van der Waals surface area contributed by atoms with Crippen molar-refractivity contribution in [1.29, 1.82) is 10.5 Å². The highest BCUT2D eigenvalue weighted by atomic mass is 16.5. The van der Waals surface area contributed by atoms with Crippen molar-refractivity contribution in [2.24, 2.45) is 0 Å². The average molecular weight is 264 g/mol. The normalized spacial score (nSPS) is 9.35. The maximum Gasteiger partial charge on any atom is 0.162 e. The van der Waals surface area contributed by atoms with Gasteiger partial charge in [-0.2, -0.15) is 10.5 Å². The fraction of sp³-hybridized carbons (Fsp3) is 0.125. The van der Waals surface area contributed by atoms with Gasteiger partial charge in [-0.25, -0.2) is 0 Å². The molecule has 2 rings (SSSR count). The lowest BCUT2D eigenvalue weighted by molar-refractivity contribution is 0.284. The predicted octanol–water partition coefficient (Wildman–Crippen LogP) is 3.02. The summed E-state index contributed by atoms with van der Waals surface area (Å²) in [5.41, 5.74) is 1.90. The van der Waals surface area contributed by atoms with Gasteiger partial charge in [-0.1, -0.05) is 18.2 Å². The van der Waals surface area contributed by atoms with Crippen LogP contribution in [0.15, 0.2) is 42.5 Å². The summed E-state index contributed by atoms with van der Waals surface area (Å²) in [7, 11) is 1.52. The minimum absolute atomic E-state index is 0.270. The highest BCUT2D eigenvalue weighted by Crippen LogP contribution is 2.28. The number of methoxy groups -OCH3 is 1. The highest BCUT2D eigenvalue weighted by molar-refractivity contribution is 5.47. The summed E-state index contributed by atoms with van der Waals surface area (Å²) in [6.45, 7) is 0.270. The Morgan fingerprint density at radius 3 is 2.50 bits per heavy atom. The molecule has 0 unspecified atom stereocenters. The third-order valence-corrected chi connectivity index (χ3v) is 2.81. The summed E-state index contributed by atoms with van der Waals surface area (Å²) >= 11 is 0. The summed E-state index contributed by atoms with van der Waals surface area (Å²) < 4.78 is 10.9. The summed E-state index contributed by atoms with van der Waals surface area (Å²) in [6, 6.07) is 16.4. The van der Waals surface area contributed by atoms with Crippen LogP contribution >= 0.6 is 0 Å².